The van der Waals surface area contributed by atoms with Crippen molar-refractivity contribution < 1.29 is 4.79 Å². The summed E-state index contributed by atoms with van der Waals surface area (Å²) in [5.74, 6) is 0.0856. The number of carbonyl (C=O) groups is 1. The molecule has 0 N–H and O–H groups in total. The molecule has 0 atom stereocenters. The number of piperazine rings is 1. The van der Waals surface area contributed by atoms with Crippen LogP contribution >= 0.6 is 0 Å². The largest absolute Gasteiger partial charge is 0.336 e. The Labute approximate surface area is 124 Å². The summed E-state index contributed by atoms with van der Waals surface area (Å²) in [5, 5.41) is 4.30. The van der Waals surface area contributed by atoms with Crippen LogP contribution in [0.25, 0.3) is 0 Å². The van der Waals surface area contributed by atoms with Gasteiger partial charge in [0.05, 0.1) is 18.3 Å². The van der Waals surface area contributed by atoms with Gasteiger partial charge in [0.2, 0.25) is 0 Å². The van der Waals surface area contributed by atoms with Gasteiger partial charge < -0.3 is 9.80 Å². The molecule has 1 amide bonds. The van der Waals surface area contributed by atoms with Crippen molar-refractivity contribution in [1.82, 2.24) is 19.6 Å². The molecule has 1 aromatic heterocycles. The molecule has 3 rings (SSSR count). The first-order valence-corrected chi connectivity index (χ1v) is 7.26. The van der Waals surface area contributed by atoms with Crippen LogP contribution in [0.15, 0.2) is 42.7 Å². The summed E-state index contributed by atoms with van der Waals surface area (Å²) in [6, 6.07) is 10.1. The Hall–Kier alpha value is -2.14. The SMILES string of the molecule is CN1CCN(C(=O)c2cnn(Cc3ccccc3)c2)CC1. The molecule has 1 fully saturated rings. The van der Waals surface area contributed by atoms with Crippen molar-refractivity contribution in [1.29, 1.82) is 0 Å². The molecular weight excluding hydrogens is 264 g/mol. The molecule has 110 valence electrons. The molecule has 21 heavy (non-hydrogen) atoms. The Morgan fingerprint density at radius 2 is 1.86 bits per heavy atom. The normalized spacial score (nSPS) is 16.1. The lowest BCUT2D eigenvalue weighted by Gasteiger charge is -2.32. The van der Waals surface area contributed by atoms with Gasteiger partial charge in [0.25, 0.3) is 5.91 Å². The number of hydrogen-bond donors (Lipinski definition) is 0. The molecule has 5 nitrogen and oxygen atoms in total. The van der Waals surface area contributed by atoms with E-state index >= 15 is 0 Å². The van der Waals surface area contributed by atoms with E-state index in [2.05, 4.69) is 29.2 Å². The van der Waals surface area contributed by atoms with Crippen LogP contribution in [0.5, 0.6) is 0 Å². The van der Waals surface area contributed by atoms with E-state index in [1.807, 2.05) is 34.0 Å². The zero-order valence-corrected chi connectivity index (χ0v) is 12.3. The molecule has 1 aliphatic rings. The molecule has 0 unspecified atom stereocenters. The molecule has 0 radical (unpaired) electrons. The number of aromatic nitrogens is 2. The summed E-state index contributed by atoms with van der Waals surface area (Å²) in [6.07, 6.45) is 3.51. The zero-order valence-electron chi connectivity index (χ0n) is 12.3. The quantitative estimate of drug-likeness (QED) is 0.853. The third-order valence-electron chi connectivity index (χ3n) is 3.86. The highest BCUT2D eigenvalue weighted by atomic mass is 16.2. The number of benzene rings is 1. The molecule has 0 bridgehead atoms. The van der Waals surface area contributed by atoms with Crippen LogP contribution in [0.1, 0.15) is 15.9 Å². The fourth-order valence-electron chi connectivity index (χ4n) is 2.52. The molecule has 0 aliphatic carbocycles. The molecule has 2 aromatic rings. The van der Waals surface area contributed by atoms with Crippen LogP contribution in [-0.4, -0.2) is 58.7 Å². The van der Waals surface area contributed by atoms with Gasteiger partial charge in [-0.1, -0.05) is 30.3 Å². The molecule has 1 aliphatic heterocycles. The van der Waals surface area contributed by atoms with Gasteiger partial charge in [-0.25, -0.2) is 0 Å². The van der Waals surface area contributed by atoms with Crippen LogP contribution in [0.3, 0.4) is 0 Å². The number of likely N-dealkylation sites (N-methyl/N-ethyl adjacent to an activating group) is 1. The van der Waals surface area contributed by atoms with E-state index in [9.17, 15) is 4.79 Å². The molecule has 1 saturated heterocycles. The summed E-state index contributed by atoms with van der Waals surface area (Å²) < 4.78 is 1.82. The summed E-state index contributed by atoms with van der Waals surface area (Å²) in [4.78, 5) is 16.6. The second-order valence-corrected chi connectivity index (χ2v) is 5.51. The summed E-state index contributed by atoms with van der Waals surface area (Å²) in [6.45, 7) is 4.14. The summed E-state index contributed by atoms with van der Waals surface area (Å²) in [7, 11) is 2.08. The third-order valence-corrected chi connectivity index (χ3v) is 3.86. The van der Waals surface area contributed by atoms with Gasteiger partial charge in [-0.2, -0.15) is 5.10 Å². The molecule has 0 saturated carbocycles. The second-order valence-electron chi connectivity index (χ2n) is 5.51. The molecular formula is C16H20N4O. The van der Waals surface area contributed by atoms with E-state index in [0.29, 0.717) is 12.1 Å². The average molecular weight is 284 g/mol. The van der Waals surface area contributed by atoms with Crippen LogP contribution in [-0.2, 0) is 6.54 Å². The Balaban J connectivity index is 1.66. The maximum Gasteiger partial charge on any atom is 0.257 e. The predicted molar refractivity (Wildman–Crippen MR) is 81.2 cm³/mol. The van der Waals surface area contributed by atoms with E-state index in [1.54, 1.807) is 6.20 Å². The van der Waals surface area contributed by atoms with E-state index < -0.39 is 0 Å². The molecule has 2 heterocycles. The fourth-order valence-corrected chi connectivity index (χ4v) is 2.52. The lowest BCUT2D eigenvalue weighted by molar-refractivity contribution is 0.0664. The predicted octanol–water partition coefficient (Wildman–Crippen LogP) is 1.32. The Kier molecular flexibility index (Phi) is 4.01. The minimum atomic E-state index is 0.0856. The van der Waals surface area contributed by atoms with Crippen molar-refractivity contribution in [2.45, 2.75) is 6.54 Å². The van der Waals surface area contributed by atoms with Crippen LogP contribution in [0.4, 0.5) is 0 Å². The highest BCUT2D eigenvalue weighted by Gasteiger charge is 2.21. The maximum absolute atomic E-state index is 12.4. The van der Waals surface area contributed by atoms with Gasteiger partial charge in [-0.3, -0.25) is 9.48 Å². The van der Waals surface area contributed by atoms with E-state index in [1.165, 1.54) is 5.56 Å². The Bertz CT molecular complexity index is 600. The van der Waals surface area contributed by atoms with Crippen molar-refractivity contribution in [3.05, 3.63) is 53.9 Å². The highest BCUT2D eigenvalue weighted by molar-refractivity contribution is 5.93. The minimum absolute atomic E-state index is 0.0856. The second kappa shape index (κ2) is 6.10. The van der Waals surface area contributed by atoms with E-state index in [-0.39, 0.29) is 5.91 Å². The zero-order chi connectivity index (χ0) is 14.7. The maximum atomic E-state index is 12.4. The molecule has 5 heteroatoms. The van der Waals surface area contributed by atoms with Gasteiger partial charge in [-0.05, 0) is 12.6 Å². The Morgan fingerprint density at radius 1 is 1.14 bits per heavy atom. The number of rotatable bonds is 3. The monoisotopic (exact) mass is 284 g/mol. The molecule has 1 aromatic carbocycles. The lowest BCUT2D eigenvalue weighted by atomic mass is 10.2. The minimum Gasteiger partial charge on any atom is -0.336 e. The van der Waals surface area contributed by atoms with Crippen molar-refractivity contribution in [3.63, 3.8) is 0 Å². The van der Waals surface area contributed by atoms with Gasteiger partial charge in [0, 0.05) is 32.4 Å². The first kappa shape index (κ1) is 13.8. The smallest absolute Gasteiger partial charge is 0.257 e. The van der Waals surface area contributed by atoms with Gasteiger partial charge >= 0.3 is 0 Å². The van der Waals surface area contributed by atoms with Gasteiger partial charge in [0.1, 0.15) is 0 Å². The van der Waals surface area contributed by atoms with Gasteiger partial charge in [-0.15, -0.1) is 0 Å². The van der Waals surface area contributed by atoms with E-state index in [0.717, 1.165) is 26.2 Å². The number of carbonyl (C=O) groups excluding carboxylic acids is 1. The van der Waals surface area contributed by atoms with Crippen LogP contribution in [0.2, 0.25) is 0 Å². The number of hydrogen-bond acceptors (Lipinski definition) is 3. The first-order valence-electron chi connectivity index (χ1n) is 7.26. The van der Waals surface area contributed by atoms with Crippen molar-refractivity contribution >= 4 is 5.91 Å². The highest BCUT2D eigenvalue weighted by Crippen LogP contribution is 2.09. The summed E-state index contributed by atoms with van der Waals surface area (Å²) in [5.41, 5.74) is 1.86. The first-order chi connectivity index (χ1) is 10.2. The average Bonchev–Trinajstić information content (AvgIpc) is 2.97. The van der Waals surface area contributed by atoms with Crippen LogP contribution in [0, 0.1) is 0 Å². The van der Waals surface area contributed by atoms with Gasteiger partial charge in [0.15, 0.2) is 0 Å². The number of nitrogens with zero attached hydrogens (tertiary/aromatic N) is 4. The van der Waals surface area contributed by atoms with E-state index in [4.69, 9.17) is 0 Å². The van der Waals surface area contributed by atoms with Crippen molar-refractivity contribution in [3.8, 4) is 0 Å². The van der Waals surface area contributed by atoms with Crippen molar-refractivity contribution in [2.24, 2.45) is 0 Å². The molecule has 0 spiro atoms. The third kappa shape index (κ3) is 3.31. The van der Waals surface area contributed by atoms with Crippen LogP contribution < -0.4 is 0 Å². The topological polar surface area (TPSA) is 41.4 Å². The number of amides is 1. The fraction of sp³-hybridized carbons (Fsp3) is 0.375. The van der Waals surface area contributed by atoms with Crippen molar-refractivity contribution in [2.75, 3.05) is 33.2 Å². The lowest BCUT2D eigenvalue weighted by Crippen LogP contribution is -2.47. The summed E-state index contributed by atoms with van der Waals surface area (Å²) >= 11 is 0. The Morgan fingerprint density at radius 3 is 2.57 bits per heavy atom. The standard InChI is InChI=1S/C16H20N4O/c1-18-7-9-19(10-8-18)16(21)15-11-17-20(13-15)12-14-5-3-2-4-6-14/h2-6,11,13H,7-10,12H2,1H3.